The van der Waals surface area contributed by atoms with E-state index in [1.165, 1.54) is 0 Å². The van der Waals surface area contributed by atoms with Gasteiger partial charge in [-0.25, -0.2) is 4.79 Å². The second-order valence-corrected chi connectivity index (χ2v) is 6.46. The molecule has 126 valence electrons. The lowest BCUT2D eigenvalue weighted by Gasteiger charge is -2.25. The molecule has 0 bridgehead atoms. The van der Waals surface area contributed by atoms with Crippen molar-refractivity contribution in [3.63, 3.8) is 0 Å². The van der Waals surface area contributed by atoms with Gasteiger partial charge in [-0.15, -0.1) is 0 Å². The van der Waals surface area contributed by atoms with Crippen molar-refractivity contribution in [2.45, 2.75) is 45.7 Å². The predicted octanol–water partition coefficient (Wildman–Crippen LogP) is 3.12. The molecule has 1 aromatic rings. The molecular formula is C18H26N2O3. The summed E-state index contributed by atoms with van der Waals surface area (Å²) < 4.78 is 5.26. The van der Waals surface area contributed by atoms with Crippen LogP contribution < -0.4 is 5.32 Å². The molecular weight excluding hydrogens is 292 g/mol. The summed E-state index contributed by atoms with van der Waals surface area (Å²) in [6.07, 6.45) is 1.13. The van der Waals surface area contributed by atoms with Crippen LogP contribution in [0.5, 0.6) is 0 Å². The lowest BCUT2D eigenvalue weighted by Crippen LogP contribution is -2.46. The molecule has 2 amide bonds. The molecule has 0 spiro atoms. The Morgan fingerprint density at radius 1 is 1.26 bits per heavy atom. The van der Waals surface area contributed by atoms with Crippen molar-refractivity contribution in [3.05, 3.63) is 35.9 Å². The van der Waals surface area contributed by atoms with Gasteiger partial charge < -0.3 is 10.1 Å². The molecule has 1 aliphatic heterocycles. The number of hydrogen-bond acceptors (Lipinski definition) is 3. The summed E-state index contributed by atoms with van der Waals surface area (Å²) in [4.78, 5) is 26.2. The van der Waals surface area contributed by atoms with E-state index < -0.39 is 6.04 Å². The van der Waals surface area contributed by atoms with Gasteiger partial charge in [0, 0.05) is 6.54 Å². The van der Waals surface area contributed by atoms with Crippen LogP contribution in [0.4, 0.5) is 4.79 Å². The van der Waals surface area contributed by atoms with Crippen molar-refractivity contribution in [2.24, 2.45) is 5.92 Å². The van der Waals surface area contributed by atoms with Crippen molar-refractivity contribution in [3.8, 4) is 0 Å². The topological polar surface area (TPSA) is 58.6 Å². The number of nitrogens with one attached hydrogen (secondary N) is 1. The van der Waals surface area contributed by atoms with Crippen LogP contribution in [0.15, 0.2) is 30.3 Å². The standard InChI is InChI=1S/C18H26N2O3/c1-13(2)12-23-18(22)20-11-7-10-16(20)17(21)19-14(3)15-8-5-4-6-9-15/h4-6,8-9,13-14,16H,7,10-12H2,1-3H3,(H,19,21)/t14-,16-/m0/s1. The van der Waals surface area contributed by atoms with Crippen molar-refractivity contribution >= 4 is 12.0 Å². The third-order valence-corrected chi connectivity index (χ3v) is 3.99. The fourth-order valence-corrected chi connectivity index (χ4v) is 2.71. The number of carbonyl (C=O) groups is 2. The molecule has 2 atom stereocenters. The number of rotatable bonds is 5. The molecule has 1 N–H and O–H groups in total. The van der Waals surface area contributed by atoms with Gasteiger partial charge in [0.15, 0.2) is 0 Å². The van der Waals surface area contributed by atoms with Crippen molar-refractivity contribution < 1.29 is 14.3 Å². The van der Waals surface area contributed by atoms with Gasteiger partial charge >= 0.3 is 6.09 Å². The Balaban J connectivity index is 1.93. The highest BCUT2D eigenvalue weighted by Crippen LogP contribution is 2.20. The van der Waals surface area contributed by atoms with E-state index in [9.17, 15) is 9.59 Å². The van der Waals surface area contributed by atoms with Gasteiger partial charge in [-0.3, -0.25) is 9.69 Å². The van der Waals surface area contributed by atoms with E-state index in [0.717, 1.165) is 12.0 Å². The molecule has 1 fully saturated rings. The van der Waals surface area contributed by atoms with Gasteiger partial charge in [0.2, 0.25) is 5.91 Å². The number of ether oxygens (including phenoxy) is 1. The predicted molar refractivity (Wildman–Crippen MR) is 88.9 cm³/mol. The summed E-state index contributed by atoms with van der Waals surface area (Å²) in [5, 5.41) is 3.00. The fourth-order valence-electron chi connectivity index (χ4n) is 2.71. The molecule has 1 saturated heterocycles. The highest BCUT2D eigenvalue weighted by Gasteiger charge is 2.35. The van der Waals surface area contributed by atoms with Gasteiger partial charge in [0.1, 0.15) is 6.04 Å². The highest BCUT2D eigenvalue weighted by molar-refractivity contribution is 5.86. The maximum absolute atomic E-state index is 12.5. The van der Waals surface area contributed by atoms with Gasteiger partial charge in [0.05, 0.1) is 12.6 Å². The van der Waals surface area contributed by atoms with Crippen molar-refractivity contribution in [2.75, 3.05) is 13.2 Å². The van der Waals surface area contributed by atoms with Gasteiger partial charge in [-0.2, -0.15) is 0 Å². The lowest BCUT2D eigenvalue weighted by atomic mass is 10.1. The molecule has 1 aromatic carbocycles. The smallest absolute Gasteiger partial charge is 0.410 e. The Kier molecular flexibility index (Phi) is 6.02. The second-order valence-electron chi connectivity index (χ2n) is 6.46. The van der Waals surface area contributed by atoms with Gasteiger partial charge in [0.25, 0.3) is 0 Å². The fraction of sp³-hybridized carbons (Fsp3) is 0.556. The first-order valence-corrected chi connectivity index (χ1v) is 8.27. The average Bonchev–Trinajstić information content (AvgIpc) is 3.03. The van der Waals surface area contributed by atoms with Crippen LogP contribution in [0.1, 0.15) is 45.2 Å². The Morgan fingerprint density at radius 3 is 2.61 bits per heavy atom. The number of carbonyl (C=O) groups excluding carboxylic acids is 2. The van der Waals surface area contributed by atoms with Crippen LogP contribution in [0.25, 0.3) is 0 Å². The van der Waals surface area contributed by atoms with E-state index in [1.54, 1.807) is 4.90 Å². The minimum atomic E-state index is -0.430. The third kappa shape index (κ3) is 4.71. The van der Waals surface area contributed by atoms with E-state index in [1.807, 2.05) is 51.1 Å². The molecule has 0 aromatic heterocycles. The molecule has 5 nitrogen and oxygen atoms in total. The SMILES string of the molecule is CC(C)COC(=O)N1CCC[C@H]1C(=O)N[C@@H](C)c1ccccc1. The largest absolute Gasteiger partial charge is 0.449 e. The van der Waals surface area contributed by atoms with Crippen LogP contribution in [0.2, 0.25) is 0 Å². The van der Waals surface area contributed by atoms with Crippen molar-refractivity contribution in [1.29, 1.82) is 0 Å². The first-order chi connectivity index (χ1) is 11.0. The van der Waals surface area contributed by atoms with E-state index in [2.05, 4.69) is 5.32 Å². The minimum absolute atomic E-state index is 0.0853. The maximum atomic E-state index is 12.5. The van der Waals surface area contributed by atoms with Crippen LogP contribution in [0, 0.1) is 5.92 Å². The summed E-state index contributed by atoms with van der Waals surface area (Å²) in [5.41, 5.74) is 1.05. The van der Waals surface area contributed by atoms with Crippen LogP contribution in [0.3, 0.4) is 0 Å². The Morgan fingerprint density at radius 2 is 1.96 bits per heavy atom. The first-order valence-electron chi connectivity index (χ1n) is 8.27. The summed E-state index contributed by atoms with van der Waals surface area (Å²) in [7, 11) is 0. The molecule has 0 aliphatic carbocycles. The summed E-state index contributed by atoms with van der Waals surface area (Å²) in [5.74, 6) is 0.173. The molecule has 0 saturated carbocycles. The third-order valence-electron chi connectivity index (χ3n) is 3.99. The highest BCUT2D eigenvalue weighted by atomic mass is 16.6. The Bertz CT molecular complexity index is 530. The van der Waals surface area contributed by atoms with E-state index in [4.69, 9.17) is 4.74 Å². The molecule has 2 rings (SSSR count). The van der Waals surface area contributed by atoms with Gasteiger partial charge in [-0.05, 0) is 31.2 Å². The molecule has 1 heterocycles. The number of benzene rings is 1. The zero-order valence-electron chi connectivity index (χ0n) is 14.1. The maximum Gasteiger partial charge on any atom is 0.410 e. The number of amides is 2. The Labute approximate surface area is 138 Å². The molecule has 5 heteroatoms. The molecule has 23 heavy (non-hydrogen) atoms. The lowest BCUT2D eigenvalue weighted by molar-refractivity contribution is -0.125. The molecule has 0 unspecified atom stereocenters. The number of likely N-dealkylation sites (tertiary alicyclic amines) is 1. The monoisotopic (exact) mass is 318 g/mol. The minimum Gasteiger partial charge on any atom is -0.449 e. The van der Waals surface area contributed by atoms with Gasteiger partial charge in [-0.1, -0.05) is 44.2 Å². The normalized spacial score (nSPS) is 18.8. The summed E-state index contributed by atoms with van der Waals surface area (Å²) in [6, 6.07) is 9.29. The van der Waals surface area contributed by atoms with E-state index in [-0.39, 0.29) is 24.0 Å². The molecule has 0 radical (unpaired) electrons. The zero-order chi connectivity index (χ0) is 16.8. The van der Waals surface area contributed by atoms with E-state index in [0.29, 0.717) is 19.6 Å². The first kappa shape index (κ1) is 17.3. The zero-order valence-corrected chi connectivity index (χ0v) is 14.1. The number of hydrogen-bond donors (Lipinski definition) is 1. The number of nitrogens with zero attached hydrogens (tertiary/aromatic N) is 1. The summed E-state index contributed by atoms with van der Waals surface area (Å²) >= 11 is 0. The van der Waals surface area contributed by atoms with E-state index >= 15 is 0 Å². The van der Waals surface area contributed by atoms with Crippen molar-refractivity contribution in [1.82, 2.24) is 10.2 Å². The Hall–Kier alpha value is -2.04. The van der Waals surface area contributed by atoms with Crippen LogP contribution in [-0.2, 0) is 9.53 Å². The quantitative estimate of drug-likeness (QED) is 0.907. The van der Waals surface area contributed by atoms with Crippen LogP contribution >= 0.6 is 0 Å². The second kappa shape index (κ2) is 7.99. The average molecular weight is 318 g/mol. The molecule has 1 aliphatic rings. The van der Waals surface area contributed by atoms with Crippen LogP contribution in [-0.4, -0.2) is 36.1 Å². The summed E-state index contributed by atoms with van der Waals surface area (Å²) in [6.45, 7) is 6.88.